The molecule has 2 heterocycles. The lowest BCUT2D eigenvalue weighted by molar-refractivity contribution is -0.115. The number of esters is 1. The highest BCUT2D eigenvalue weighted by molar-refractivity contribution is 6.24. The zero-order valence-corrected chi connectivity index (χ0v) is 20.1. The van der Waals surface area contributed by atoms with Gasteiger partial charge in [0, 0.05) is 17.8 Å². The van der Waals surface area contributed by atoms with Crippen LogP contribution in [0.15, 0.2) is 78.2 Å². The van der Waals surface area contributed by atoms with Crippen LogP contribution >= 0.6 is 0 Å². The van der Waals surface area contributed by atoms with E-state index < -0.39 is 11.9 Å². The van der Waals surface area contributed by atoms with E-state index in [-0.39, 0.29) is 5.91 Å². The molecule has 2 aliphatic heterocycles. The maximum Gasteiger partial charge on any atom is 0.337 e. The van der Waals surface area contributed by atoms with E-state index in [0.717, 1.165) is 28.9 Å². The molecule has 1 N–H and O–H groups in total. The second-order valence-corrected chi connectivity index (χ2v) is 8.79. The number of hydrogen-bond donors (Lipinski definition) is 1. The number of amides is 1. The Morgan fingerprint density at radius 1 is 0.972 bits per heavy atom. The van der Waals surface area contributed by atoms with Gasteiger partial charge < -0.3 is 24.4 Å². The molecular formula is C28H25N3O5. The van der Waals surface area contributed by atoms with Crippen LogP contribution in [0.5, 0.6) is 11.5 Å². The van der Waals surface area contributed by atoms with E-state index in [1.165, 1.54) is 19.6 Å². The van der Waals surface area contributed by atoms with E-state index in [9.17, 15) is 9.59 Å². The highest BCUT2D eigenvalue weighted by atomic mass is 16.5. The molecule has 36 heavy (non-hydrogen) atoms. The van der Waals surface area contributed by atoms with Crippen molar-refractivity contribution in [1.29, 1.82) is 0 Å². The first-order chi connectivity index (χ1) is 17.4. The number of rotatable bonds is 6. The molecule has 0 saturated carbocycles. The topological polar surface area (TPSA) is 89.5 Å². The normalized spacial score (nSPS) is 16.1. The first-order valence-electron chi connectivity index (χ1n) is 11.4. The molecule has 0 spiro atoms. The average Bonchev–Trinajstić information content (AvgIpc) is 3.21. The fraction of sp³-hybridized carbons (Fsp3) is 0.179. The van der Waals surface area contributed by atoms with Crippen LogP contribution in [0, 0.1) is 0 Å². The van der Waals surface area contributed by atoms with Crippen LogP contribution in [0.25, 0.3) is 0 Å². The quantitative estimate of drug-likeness (QED) is 0.406. The maximum atomic E-state index is 13.3. The number of carbonyl (C=O) groups excluding carboxylic acids is 2. The lowest BCUT2D eigenvalue weighted by Crippen LogP contribution is -2.22. The summed E-state index contributed by atoms with van der Waals surface area (Å²) in [5, 5.41) is 2.90. The number of aliphatic imine (C=N–C) groups is 1. The van der Waals surface area contributed by atoms with Crippen LogP contribution in [0.2, 0.25) is 0 Å². The van der Waals surface area contributed by atoms with Crippen molar-refractivity contribution < 1.29 is 23.8 Å². The van der Waals surface area contributed by atoms with Crippen molar-refractivity contribution >= 4 is 29.0 Å². The van der Waals surface area contributed by atoms with Crippen LogP contribution < -0.4 is 14.8 Å². The SMILES string of the molecule is COC(=O)c1ccc2c(c1)NC(=O)C2C(=Nc1ccc(CN(C)C)cc1)c1ccc2c(c1)OC=CO2. The second kappa shape index (κ2) is 9.67. The Morgan fingerprint density at radius 2 is 1.69 bits per heavy atom. The smallest absolute Gasteiger partial charge is 0.337 e. The molecule has 2 aliphatic rings. The van der Waals surface area contributed by atoms with Gasteiger partial charge >= 0.3 is 5.97 Å². The predicted octanol–water partition coefficient (Wildman–Crippen LogP) is 4.63. The third-order valence-electron chi connectivity index (χ3n) is 5.95. The summed E-state index contributed by atoms with van der Waals surface area (Å²) in [6.07, 6.45) is 2.92. The lowest BCUT2D eigenvalue weighted by Gasteiger charge is -2.17. The molecule has 0 saturated heterocycles. The number of carbonyl (C=O) groups is 2. The molecule has 8 heteroatoms. The molecule has 0 radical (unpaired) electrons. The van der Waals surface area contributed by atoms with Gasteiger partial charge in [0.05, 0.1) is 24.1 Å². The number of methoxy groups -OCH3 is 1. The van der Waals surface area contributed by atoms with E-state index in [1.807, 2.05) is 50.5 Å². The minimum absolute atomic E-state index is 0.232. The number of nitrogens with one attached hydrogen (secondary N) is 1. The number of benzene rings is 3. The minimum atomic E-state index is -0.689. The maximum absolute atomic E-state index is 13.3. The molecule has 182 valence electrons. The van der Waals surface area contributed by atoms with Gasteiger partial charge in [-0.3, -0.25) is 9.79 Å². The molecule has 0 aliphatic carbocycles. The molecule has 8 nitrogen and oxygen atoms in total. The van der Waals surface area contributed by atoms with Crippen molar-refractivity contribution in [1.82, 2.24) is 4.90 Å². The van der Waals surface area contributed by atoms with Gasteiger partial charge in [0.1, 0.15) is 18.4 Å². The van der Waals surface area contributed by atoms with Gasteiger partial charge in [0.2, 0.25) is 5.91 Å². The summed E-state index contributed by atoms with van der Waals surface area (Å²) in [5.74, 6) is -0.283. The Balaban J connectivity index is 1.60. The van der Waals surface area contributed by atoms with Gasteiger partial charge in [-0.05, 0) is 67.7 Å². The highest BCUT2D eigenvalue weighted by Gasteiger charge is 2.36. The van der Waals surface area contributed by atoms with Crippen LogP contribution in [0.1, 0.15) is 33.0 Å². The molecule has 0 aromatic heterocycles. The predicted molar refractivity (Wildman–Crippen MR) is 136 cm³/mol. The number of hydrogen-bond acceptors (Lipinski definition) is 7. The Hall–Kier alpha value is -4.43. The fourth-order valence-electron chi connectivity index (χ4n) is 4.31. The highest BCUT2D eigenvalue weighted by Crippen LogP contribution is 2.39. The first-order valence-corrected chi connectivity index (χ1v) is 11.4. The summed E-state index contributed by atoms with van der Waals surface area (Å²) in [7, 11) is 5.36. The van der Waals surface area contributed by atoms with Crippen LogP contribution in [0.3, 0.4) is 0 Å². The van der Waals surface area contributed by atoms with Gasteiger partial charge in [0.15, 0.2) is 11.5 Å². The van der Waals surface area contributed by atoms with Crippen molar-refractivity contribution in [3.05, 3.63) is 95.4 Å². The van der Waals surface area contributed by atoms with Gasteiger partial charge in [-0.2, -0.15) is 0 Å². The van der Waals surface area contributed by atoms with Crippen LogP contribution in [-0.4, -0.2) is 43.7 Å². The van der Waals surface area contributed by atoms with E-state index in [2.05, 4.69) is 10.2 Å². The van der Waals surface area contributed by atoms with Gasteiger partial charge in [-0.1, -0.05) is 18.2 Å². The van der Waals surface area contributed by atoms with Gasteiger partial charge in [-0.25, -0.2) is 4.79 Å². The minimum Gasteiger partial charge on any atom is -0.465 e. The Morgan fingerprint density at radius 3 is 2.42 bits per heavy atom. The molecule has 1 amide bonds. The molecule has 0 fully saturated rings. The number of ether oxygens (including phenoxy) is 3. The van der Waals surface area contributed by atoms with Crippen molar-refractivity contribution in [3.8, 4) is 11.5 Å². The van der Waals surface area contributed by atoms with E-state index in [0.29, 0.717) is 28.5 Å². The van der Waals surface area contributed by atoms with E-state index >= 15 is 0 Å². The number of fused-ring (bicyclic) bond motifs is 2. The fourth-order valence-corrected chi connectivity index (χ4v) is 4.31. The third kappa shape index (κ3) is 4.58. The molecule has 3 aromatic carbocycles. The number of nitrogens with zero attached hydrogens (tertiary/aromatic N) is 2. The summed E-state index contributed by atoms with van der Waals surface area (Å²) < 4.78 is 15.9. The molecule has 3 aromatic rings. The molecule has 1 unspecified atom stereocenters. The van der Waals surface area contributed by atoms with E-state index in [4.69, 9.17) is 19.2 Å². The molecule has 5 rings (SSSR count). The summed E-state index contributed by atoms with van der Waals surface area (Å²) in [6, 6.07) is 18.4. The van der Waals surface area contributed by atoms with Crippen molar-refractivity contribution in [2.75, 3.05) is 26.5 Å². The summed E-state index contributed by atoms with van der Waals surface area (Å²) in [4.78, 5) is 32.3. The van der Waals surface area contributed by atoms with E-state index in [1.54, 1.807) is 24.3 Å². The molecule has 0 bridgehead atoms. The Bertz CT molecular complexity index is 1390. The molecule has 1 atom stereocenters. The van der Waals surface area contributed by atoms with Crippen LogP contribution in [0.4, 0.5) is 11.4 Å². The van der Waals surface area contributed by atoms with Gasteiger partial charge in [-0.15, -0.1) is 0 Å². The summed E-state index contributed by atoms with van der Waals surface area (Å²) in [5.41, 5.74) is 4.79. The average molecular weight is 484 g/mol. The Kier molecular flexibility index (Phi) is 6.26. The third-order valence-corrected chi connectivity index (χ3v) is 5.95. The van der Waals surface area contributed by atoms with Crippen LogP contribution in [-0.2, 0) is 16.1 Å². The first kappa shape index (κ1) is 23.3. The van der Waals surface area contributed by atoms with Crippen molar-refractivity contribution in [3.63, 3.8) is 0 Å². The lowest BCUT2D eigenvalue weighted by atomic mass is 9.90. The zero-order valence-electron chi connectivity index (χ0n) is 20.1. The van der Waals surface area contributed by atoms with Crippen molar-refractivity contribution in [2.45, 2.75) is 12.5 Å². The molecular weight excluding hydrogens is 458 g/mol. The summed E-state index contributed by atoms with van der Waals surface area (Å²) in [6.45, 7) is 0.813. The van der Waals surface area contributed by atoms with Gasteiger partial charge in [0.25, 0.3) is 0 Å². The monoisotopic (exact) mass is 483 g/mol. The van der Waals surface area contributed by atoms with Crippen molar-refractivity contribution in [2.24, 2.45) is 4.99 Å². The Labute approximate surface area is 208 Å². The standard InChI is InChI=1S/C28H25N3O5/c1-31(2)16-17-4-8-20(9-5-17)29-26(18-7-11-23-24(15-18)36-13-12-35-23)25-21-10-6-19(28(33)34-3)14-22(21)30-27(25)32/h4-15,25H,16H2,1-3H3,(H,30,32). The largest absolute Gasteiger partial charge is 0.465 e. The summed E-state index contributed by atoms with van der Waals surface area (Å²) >= 11 is 0. The second-order valence-electron chi connectivity index (χ2n) is 8.79. The zero-order chi connectivity index (χ0) is 25.2. The number of anilines is 1.